The lowest BCUT2D eigenvalue weighted by molar-refractivity contribution is -0.192. The first-order valence-corrected chi connectivity index (χ1v) is 7.90. The van der Waals surface area contributed by atoms with Gasteiger partial charge in [-0.15, -0.1) is 11.8 Å². The number of hydrogen-bond donors (Lipinski definition) is 2. The molecule has 0 saturated carbocycles. The number of alkyl halides is 3. The summed E-state index contributed by atoms with van der Waals surface area (Å²) in [4.78, 5) is 22.8. The molecule has 0 unspecified atom stereocenters. The van der Waals surface area contributed by atoms with E-state index in [0.29, 0.717) is 18.8 Å². The number of thioether (sulfide) groups is 1. The molecule has 3 N–H and O–H groups in total. The molecule has 0 radical (unpaired) electrons. The summed E-state index contributed by atoms with van der Waals surface area (Å²) in [6.07, 6.45) is -3.69. The summed E-state index contributed by atoms with van der Waals surface area (Å²) in [7, 11) is 0. The van der Waals surface area contributed by atoms with Crippen LogP contribution in [0.1, 0.15) is 26.7 Å². The van der Waals surface area contributed by atoms with Gasteiger partial charge in [0, 0.05) is 12.2 Å². The average molecular weight is 353 g/mol. The van der Waals surface area contributed by atoms with Gasteiger partial charge in [0.25, 0.3) is 0 Å². The molecule has 23 heavy (non-hydrogen) atoms. The zero-order valence-corrected chi connectivity index (χ0v) is 13.4. The third-order valence-corrected chi connectivity index (χ3v) is 4.74. The second-order valence-electron chi connectivity index (χ2n) is 5.91. The molecule has 2 aliphatic heterocycles. The van der Waals surface area contributed by atoms with Gasteiger partial charge < -0.3 is 15.7 Å². The molecule has 2 heterocycles. The smallest absolute Gasteiger partial charge is 0.475 e. The van der Waals surface area contributed by atoms with E-state index in [1.54, 1.807) is 16.7 Å². The number of nitriles is 1. The Morgan fingerprint density at radius 3 is 2.52 bits per heavy atom. The number of hydrogen-bond acceptors (Lipinski definition) is 5. The molecule has 2 rings (SSSR count). The van der Waals surface area contributed by atoms with E-state index in [2.05, 4.69) is 19.9 Å². The zero-order chi connectivity index (χ0) is 18.0. The van der Waals surface area contributed by atoms with E-state index in [9.17, 15) is 18.0 Å². The van der Waals surface area contributed by atoms with E-state index in [0.717, 1.165) is 5.75 Å². The summed E-state index contributed by atoms with van der Waals surface area (Å²) >= 11 is 1.68. The monoisotopic (exact) mass is 353 g/mol. The molecule has 0 aromatic rings. The predicted molar refractivity (Wildman–Crippen MR) is 77.2 cm³/mol. The molecule has 10 heteroatoms. The van der Waals surface area contributed by atoms with Crippen molar-refractivity contribution in [1.82, 2.24) is 4.90 Å². The van der Waals surface area contributed by atoms with E-state index in [1.807, 2.05) is 0 Å². The number of nitrogens with zero attached hydrogens (tertiary/aromatic N) is 2. The Bertz CT molecular complexity index is 521. The van der Waals surface area contributed by atoms with Gasteiger partial charge in [-0.2, -0.15) is 18.4 Å². The third-order valence-electron chi connectivity index (χ3n) is 3.46. The van der Waals surface area contributed by atoms with Gasteiger partial charge in [0.1, 0.15) is 6.04 Å². The quantitative estimate of drug-likeness (QED) is 0.780. The fraction of sp³-hybridized carbons (Fsp3) is 0.769. The Hall–Kier alpha value is -1.47. The predicted octanol–water partition coefficient (Wildman–Crippen LogP) is 1.56. The van der Waals surface area contributed by atoms with Crippen molar-refractivity contribution in [3.8, 4) is 6.07 Å². The largest absolute Gasteiger partial charge is 0.490 e. The van der Waals surface area contributed by atoms with Crippen LogP contribution >= 0.6 is 11.8 Å². The minimum absolute atomic E-state index is 0.0252. The van der Waals surface area contributed by atoms with Crippen molar-refractivity contribution < 1.29 is 27.9 Å². The molecule has 3 atom stereocenters. The Kier molecular flexibility index (Phi) is 5.93. The fourth-order valence-corrected chi connectivity index (χ4v) is 4.11. The fourth-order valence-electron chi connectivity index (χ4n) is 2.65. The number of fused-ring (bicyclic) bond motifs is 1. The molecule has 2 aliphatic rings. The average Bonchev–Trinajstić information content (AvgIpc) is 2.87. The summed E-state index contributed by atoms with van der Waals surface area (Å²) in [5.41, 5.74) is 5.46. The number of halogens is 3. The number of rotatable bonds is 2. The Labute approximate surface area is 135 Å². The molecule has 2 saturated heterocycles. The minimum Gasteiger partial charge on any atom is -0.475 e. The molecule has 0 aromatic heterocycles. The van der Waals surface area contributed by atoms with Crippen molar-refractivity contribution in [1.29, 1.82) is 5.26 Å². The van der Waals surface area contributed by atoms with Crippen molar-refractivity contribution in [3.05, 3.63) is 0 Å². The SMILES string of the molecule is CC(C)C[C@@]1(N)C[C@H]2SC[C@@H](C#N)N2C1=O.O=C(O)C(F)(F)F. The Balaban J connectivity index is 0.000000322. The molecule has 6 nitrogen and oxygen atoms in total. The molecular weight excluding hydrogens is 335 g/mol. The second kappa shape index (κ2) is 6.97. The highest BCUT2D eigenvalue weighted by Crippen LogP contribution is 2.42. The highest BCUT2D eigenvalue weighted by atomic mass is 32.2. The highest BCUT2D eigenvalue weighted by molar-refractivity contribution is 8.00. The van der Waals surface area contributed by atoms with Crippen LogP contribution in [0.15, 0.2) is 0 Å². The summed E-state index contributed by atoms with van der Waals surface area (Å²) in [6.45, 7) is 4.14. The summed E-state index contributed by atoms with van der Waals surface area (Å²) in [5, 5.41) is 16.2. The number of carboxylic acids is 1. The van der Waals surface area contributed by atoms with Crippen molar-refractivity contribution >= 4 is 23.6 Å². The van der Waals surface area contributed by atoms with Crippen LogP contribution in [-0.2, 0) is 9.59 Å². The maximum absolute atomic E-state index is 12.2. The molecule has 0 aliphatic carbocycles. The Morgan fingerprint density at radius 1 is 1.61 bits per heavy atom. The first-order valence-electron chi connectivity index (χ1n) is 6.85. The lowest BCUT2D eigenvalue weighted by Gasteiger charge is -2.25. The minimum atomic E-state index is -5.08. The number of aliphatic carboxylic acids is 1. The van der Waals surface area contributed by atoms with E-state index in [-0.39, 0.29) is 17.3 Å². The molecule has 2 fully saturated rings. The normalized spacial score (nSPS) is 29.8. The van der Waals surface area contributed by atoms with Crippen molar-refractivity contribution in [2.24, 2.45) is 11.7 Å². The van der Waals surface area contributed by atoms with E-state index < -0.39 is 17.7 Å². The lowest BCUT2D eigenvalue weighted by atomic mass is 9.88. The summed E-state index contributed by atoms with van der Waals surface area (Å²) in [5.74, 6) is -1.65. The van der Waals surface area contributed by atoms with Crippen LogP contribution in [0, 0.1) is 17.2 Å². The standard InChI is InChI=1S/C11H17N3OS.C2HF3O2/c1-7(2)3-11(13)4-9-14(10(11)15)8(5-12)6-16-9;3-2(4,5)1(6)7/h7-9H,3-4,6,13H2,1-2H3;(H,6,7)/t8-,9-,11-;/m1./s1. The molecule has 0 bridgehead atoms. The van der Waals surface area contributed by atoms with E-state index in [4.69, 9.17) is 20.9 Å². The summed E-state index contributed by atoms with van der Waals surface area (Å²) < 4.78 is 31.7. The van der Waals surface area contributed by atoms with Crippen molar-refractivity contribution in [2.75, 3.05) is 5.75 Å². The highest BCUT2D eigenvalue weighted by Gasteiger charge is 2.54. The van der Waals surface area contributed by atoms with Crippen LogP contribution in [-0.4, -0.2) is 50.8 Å². The van der Waals surface area contributed by atoms with Gasteiger partial charge >= 0.3 is 12.1 Å². The Morgan fingerprint density at radius 2 is 2.13 bits per heavy atom. The molecule has 0 spiro atoms. The molecule has 0 aromatic carbocycles. The van der Waals surface area contributed by atoms with Crippen LogP contribution in [0.4, 0.5) is 13.2 Å². The molecule has 1 amide bonds. The maximum Gasteiger partial charge on any atom is 0.490 e. The van der Waals surface area contributed by atoms with Gasteiger partial charge in [-0.1, -0.05) is 13.8 Å². The van der Waals surface area contributed by atoms with Gasteiger partial charge in [-0.25, -0.2) is 4.79 Å². The van der Waals surface area contributed by atoms with E-state index in [1.165, 1.54) is 0 Å². The van der Waals surface area contributed by atoms with Gasteiger partial charge in [-0.05, 0) is 12.3 Å². The van der Waals surface area contributed by atoms with Crippen LogP contribution in [0.25, 0.3) is 0 Å². The van der Waals surface area contributed by atoms with Crippen LogP contribution in [0.5, 0.6) is 0 Å². The van der Waals surface area contributed by atoms with E-state index >= 15 is 0 Å². The van der Waals surface area contributed by atoms with Crippen molar-refractivity contribution in [3.63, 3.8) is 0 Å². The molecule has 130 valence electrons. The zero-order valence-electron chi connectivity index (χ0n) is 12.6. The van der Waals surface area contributed by atoms with Gasteiger partial charge in [0.05, 0.1) is 17.0 Å². The number of nitrogens with two attached hydrogens (primary N) is 1. The maximum atomic E-state index is 12.2. The first-order chi connectivity index (χ1) is 10.4. The lowest BCUT2D eigenvalue weighted by Crippen LogP contribution is -2.50. The van der Waals surface area contributed by atoms with Crippen LogP contribution < -0.4 is 5.73 Å². The number of amides is 1. The number of carbonyl (C=O) groups is 2. The van der Waals surface area contributed by atoms with Gasteiger partial charge in [-0.3, -0.25) is 4.79 Å². The third kappa shape index (κ3) is 4.51. The van der Waals surface area contributed by atoms with Gasteiger partial charge in [0.2, 0.25) is 5.91 Å². The summed E-state index contributed by atoms with van der Waals surface area (Å²) in [6, 6.07) is 1.91. The number of carbonyl (C=O) groups excluding carboxylic acids is 1. The molecular formula is C13H18F3N3O3S. The topological polar surface area (TPSA) is 107 Å². The second-order valence-corrected chi connectivity index (χ2v) is 7.12. The first kappa shape index (κ1) is 19.6. The van der Waals surface area contributed by atoms with Crippen LogP contribution in [0.3, 0.4) is 0 Å². The van der Waals surface area contributed by atoms with Gasteiger partial charge in [0.15, 0.2) is 0 Å². The number of carboxylic acid groups (broad SMARTS) is 1. The van der Waals surface area contributed by atoms with Crippen molar-refractivity contribution in [2.45, 2.75) is 49.8 Å². The van der Waals surface area contributed by atoms with Crippen LogP contribution in [0.2, 0.25) is 0 Å².